The van der Waals surface area contributed by atoms with Crippen molar-refractivity contribution in [1.29, 1.82) is 0 Å². The van der Waals surface area contributed by atoms with Crippen LogP contribution >= 0.6 is 0 Å². The van der Waals surface area contributed by atoms with Crippen LogP contribution in [-0.2, 0) is 6.54 Å². The second kappa shape index (κ2) is 5.89. The number of rotatable bonds is 5. The minimum atomic E-state index is 0.698. The molecule has 5 nitrogen and oxygen atoms in total. The minimum absolute atomic E-state index is 0.698. The van der Waals surface area contributed by atoms with Gasteiger partial charge in [0.2, 0.25) is 0 Å². The Kier molecular flexibility index (Phi) is 3.98. The highest BCUT2D eigenvalue weighted by Gasteiger charge is 2.21. The molecule has 1 aliphatic heterocycles. The lowest BCUT2D eigenvalue weighted by molar-refractivity contribution is 0.260. The van der Waals surface area contributed by atoms with E-state index < -0.39 is 0 Å². The second-order valence-corrected chi connectivity index (χ2v) is 5.61. The Morgan fingerprint density at radius 1 is 1.45 bits per heavy atom. The molecule has 1 atom stereocenters. The van der Waals surface area contributed by atoms with Gasteiger partial charge in [0.15, 0.2) is 5.65 Å². The van der Waals surface area contributed by atoms with Crippen molar-refractivity contribution in [2.75, 3.05) is 19.6 Å². The van der Waals surface area contributed by atoms with Gasteiger partial charge in [-0.25, -0.2) is 9.50 Å². The molecule has 1 unspecified atom stereocenters. The summed E-state index contributed by atoms with van der Waals surface area (Å²) in [5.74, 6) is 0. The van der Waals surface area contributed by atoms with Gasteiger partial charge >= 0.3 is 0 Å². The van der Waals surface area contributed by atoms with E-state index in [0.717, 1.165) is 31.0 Å². The maximum Gasteiger partial charge on any atom is 0.155 e. The average molecular weight is 273 g/mol. The number of nitrogens with one attached hydrogen (secondary N) is 1. The summed E-state index contributed by atoms with van der Waals surface area (Å²) in [6.45, 7) is 8.57. The average Bonchev–Trinajstić information content (AvgIpc) is 3.03. The van der Waals surface area contributed by atoms with Gasteiger partial charge in [0, 0.05) is 43.2 Å². The molecule has 2 aromatic heterocycles. The monoisotopic (exact) mass is 273 g/mol. The standard InChI is InChI=1S/C15H23N5/c1-3-19-6-4-5-14(19)10-16-8-13-9-17-15-7-12(2)18-20(15)11-13/h7,9,11,14,16H,3-6,8,10H2,1-2H3. The number of likely N-dealkylation sites (N-methyl/N-ethyl adjacent to an activating group) is 1. The molecule has 0 radical (unpaired) electrons. The molecule has 1 fully saturated rings. The van der Waals surface area contributed by atoms with Gasteiger partial charge in [0.1, 0.15) is 0 Å². The summed E-state index contributed by atoms with van der Waals surface area (Å²) >= 11 is 0. The van der Waals surface area contributed by atoms with Crippen molar-refractivity contribution >= 4 is 5.65 Å². The van der Waals surface area contributed by atoms with Crippen LogP contribution < -0.4 is 5.32 Å². The summed E-state index contributed by atoms with van der Waals surface area (Å²) in [5.41, 5.74) is 3.10. The number of fused-ring (bicyclic) bond motifs is 1. The van der Waals surface area contributed by atoms with Gasteiger partial charge in [-0.05, 0) is 32.9 Å². The zero-order valence-electron chi connectivity index (χ0n) is 12.3. The van der Waals surface area contributed by atoms with Gasteiger partial charge in [0.05, 0.1) is 5.69 Å². The van der Waals surface area contributed by atoms with Gasteiger partial charge in [-0.3, -0.25) is 4.90 Å². The first-order valence-corrected chi connectivity index (χ1v) is 7.52. The minimum Gasteiger partial charge on any atom is -0.311 e. The number of hydrogen-bond acceptors (Lipinski definition) is 4. The molecule has 0 spiro atoms. The highest BCUT2D eigenvalue weighted by Crippen LogP contribution is 2.15. The summed E-state index contributed by atoms with van der Waals surface area (Å²) in [6, 6.07) is 2.69. The van der Waals surface area contributed by atoms with E-state index >= 15 is 0 Å². The summed E-state index contributed by atoms with van der Waals surface area (Å²) in [5, 5.41) is 7.96. The smallest absolute Gasteiger partial charge is 0.155 e. The first-order chi connectivity index (χ1) is 9.76. The summed E-state index contributed by atoms with van der Waals surface area (Å²) in [6.07, 6.45) is 6.65. The molecule has 0 aliphatic carbocycles. The number of nitrogens with zero attached hydrogens (tertiary/aromatic N) is 4. The molecule has 3 heterocycles. The van der Waals surface area contributed by atoms with E-state index in [-0.39, 0.29) is 0 Å². The van der Waals surface area contributed by atoms with E-state index in [0.29, 0.717) is 6.04 Å². The number of aromatic nitrogens is 3. The molecule has 20 heavy (non-hydrogen) atoms. The maximum absolute atomic E-state index is 4.43. The first kappa shape index (κ1) is 13.5. The fraction of sp³-hybridized carbons (Fsp3) is 0.600. The van der Waals surface area contributed by atoms with Crippen LogP contribution in [0.2, 0.25) is 0 Å². The van der Waals surface area contributed by atoms with E-state index in [2.05, 4.69) is 33.4 Å². The van der Waals surface area contributed by atoms with Crippen molar-refractivity contribution in [3.05, 3.63) is 29.7 Å². The van der Waals surface area contributed by atoms with Crippen LogP contribution in [0.1, 0.15) is 31.0 Å². The quantitative estimate of drug-likeness (QED) is 0.899. The highest BCUT2D eigenvalue weighted by molar-refractivity contribution is 5.38. The van der Waals surface area contributed by atoms with Crippen LogP contribution in [0.4, 0.5) is 0 Å². The van der Waals surface area contributed by atoms with E-state index in [4.69, 9.17) is 0 Å². The Hall–Kier alpha value is -1.46. The lowest BCUT2D eigenvalue weighted by Gasteiger charge is -2.22. The highest BCUT2D eigenvalue weighted by atomic mass is 15.2. The Balaban J connectivity index is 1.56. The normalized spacial score (nSPS) is 20.0. The van der Waals surface area contributed by atoms with Crippen LogP contribution in [0.3, 0.4) is 0 Å². The third kappa shape index (κ3) is 2.83. The van der Waals surface area contributed by atoms with E-state index in [1.807, 2.05) is 23.7 Å². The van der Waals surface area contributed by atoms with Gasteiger partial charge in [-0.2, -0.15) is 5.10 Å². The third-order valence-electron chi connectivity index (χ3n) is 4.10. The molecular formula is C15H23N5. The van der Waals surface area contributed by atoms with Crippen molar-refractivity contribution in [1.82, 2.24) is 24.8 Å². The van der Waals surface area contributed by atoms with Crippen LogP contribution in [0.15, 0.2) is 18.5 Å². The molecule has 1 aliphatic rings. The largest absolute Gasteiger partial charge is 0.311 e. The molecule has 108 valence electrons. The van der Waals surface area contributed by atoms with Crippen molar-refractivity contribution in [3.63, 3.8) is 0 Å². The maximum atomic E-state index is 4.43. The van der Waals surface area contributed by atoms with Crippen LogP contribution in [0, 0.1) is 6.92 Å². The second-order valence-electron chi connectivity index (χ2n) is 5.61. The zero-order valence-corrected chi connectivity index (χ0v) is 12.3. The molecule has 0 bridgehead atoms. The van der Waals surface area contributed by atoms with Crippen molar-refractivity contribution < 1.29 is 0 Å². The van der Waals surface area contributed by atoms with Crippen LogP contribution in [0.25, 0.3) is 5.65 Å². The van der Waals surface area contributed by atoms with Gasteiger partial charge in [0.25, 0.3) is 0 Å². The Bertz CT molecular complexity index is 577. The van der Waals surface area contributed by atoms with Gasteiger partial charge < -0.3 is 5.32 Å². The zero-order chi connectivity index (χ0) is 13.9. The molecule has 1 saturated heterocycles. The molecule has 0 saturated carbocycles. The lowest BCUT2D eigenvalue weighted by Crippen LogP contribution is -2.37. The fourth-order valence-corrected chi connectivity index (χ4v) is 3.05. The molecule has 3 rings (SSSR count). The Morgan fingerprint density at radius 3 is 3.20 bits per heavy atom. The molecular weight excluding hydrogens is 250 g/mol. The van der Waals surface area contributed by atoms with E-state index in [1.165, 1.54) is 24.9 Å². The SMILES string of the molecule is CCN1CCCC1CNCc1cnc2cc(C)nn2c1. The van der Waals surface area contributed by atoms with Gasteiger partial charge in [-0.1, -0.05) is 6.92 Å². The third-order valence-corrected chi connectivity index (χ3v) is 4.10. The molecule has 2 aromatic rings. The van der Waals surface area contributed by atoms with E-state index in [1.54, 1.807) is 0 Å². The topological polar surface area (TPSA) is 45.5 Å². The summed E-state index contributed by atoms with van der Waals surface area (Å²) in [7, 11) is 0. The lowest BCUT2D eigenvalue weighted by atomic mass is 10.2. The van der Waals surface area contributed by atoms with Crippen LogP contribution in [-0.4, -0.2) is 45.2 Å². The summed E-state index contributed by atoms with van der Waals surface area (Å²) in [4.78, 5) is 6.99. The number of aryl methyl sites for hydroxylation is 1. The number of hydrogen-bond donors (Lipinski definition) is 1. The fourth-order valence-electron chi connectivity index (χ4n) is 3.05. The Labute approximate surface area is 120 Å². The Morgan fingerprint density at radius 2 is 2.35 bits per heavy atom. The first-order valence-electron chi connectivity index (χ1n) is 7.52. The van der Waals surface area contributed by atoms with Crippen molar-refractivity contribution in [3.8, 4) is 0 Å². The predicted molar refractivity (Wildman–Crippen MR) is 79.7 cm³/mol. The number of likely N-dealkylation sites (tertiary alicyclic amines) is 1. The predicted octanol–water partition coefficient (Wildman–Crippen LogP) is 1.61. The van der Waals surface area contributed by atoms with Crippen molar-refractivity contribution in [2.45, 2.75) is 39.3 Å². The van der Waals surface area contributed by atoms with Crippen molar-refractivity contribution in [2.24, 2.45) is 0 Å². The summed E-state index contributed by atoms with van der Waals surface area (Å²) < 4.78 is 1.86. The van der Waals surface area contributed by atoms with Gasteiger partial charge in [-0.15, -0.1) is 0 Å². The van der Waals surface area contributed by atoms with Crippen LogP contribution in [0.5, 0.6) is 0 Å². The molecule has 5 heteroatoms. The van der Waals surface area contributed by atoms with E-state index in [9.17, 15) is 0 Å². The molecule has 0 aromatic carbocycles. The molecule has 1 N–H and O–H groups in total. The molecule has 0 amide bonds.